The molecule has 0 aliphatic carbocycles. The molecule has 68 valence electrons. The van der Waals surface area contributed by atoms with E-state index in [9.17, 15) is 4.79 Å². The van der Waals surface area contributed by atoms with Crippen molar-refractivity contribution >= 4 is 16.8 Å². The fourth-order valence-corrected chi connectivity index (χ4v) is 0.927. The highest BCUT2D eigenvalue weighted by molar-refractivity contribution is 6.63. The Balaban J connectivity index is 3.16. The topological polar surface area (TPSA) is 17.1 Å². The van der Waals surface area contributed by atoms with Gasteiger partial charge >= 0.3 is 0 Å². The lowest BCUT2D eigenvalue weighted by atomic mass is 10.1. The summed E-state index contributed by atoms with van der Waals surface area (Å²) in [7, 11) is 0. The van der Waals surface area contributed by atoms with Gasteiger partial charge in [-0.05, 0) is 18.0 Å². The van der Waals surface area contributed by atoms with Crippen LogP contribution in [0.2, 0.25) is 0 Å². The molecule has 0 saturated heterocycles. The van der Waals surface area contributed by atoms with E-state index in [-0.39, 0.29) is 11.7 Å². The third-order valence-electron chi connectivity index (χ3n) is 1.51. The molecule has 0 unspecified atom stereocenters. The van der Waals surface area contributed by atoms with Crippen LogP contribution < -0.4 is 0 Å². The molecule has 1 nitrogen and oxygen atoms in total. The summed E-state index contributed by atoms with van der Waals surface area (Å²) in [4.78, 5) is 10.2. The van der Waals surface area contributed by atoms with Gasteiger partial charge in [0.05, 0.1) is 6.42 Å². The fraction of sp³-hybridized carbons (Fsp3) is 0.700. The SMILES string of the molecule is CCCCCCC#CCC(=O)Cl. The molecule has 0 rings (SSSR count). The zero-order valence-corrected chi connectivity index (χ0v) is 8.28. The summed E-state index contributed by atoms with van der Waals surface area (Å²) in [5, 5.41) is -0.365. The Morgan fingerprint density at radius 1 is 1.25 bits per heavy atom. The van der Waals surface area contributed by atoms with Crippen molar-refractivity contribution in [3.8, 4) is 11.8 Å². The lowest BCUT2D eigenvalue weighted by Crippen LogP contribution is -1.80. The van der Waals surface area contributed by atoms with Crippen LogP contribution in [0, 0.1) is 11.8 Å². The van der Waals surface area contributed by atoms with Gasteiger partial charge in [0.2, 0.25) is 5.24 Å². The van der Waals surface area contributed by atoms with E-state index in [1.165, 1.54) is 19.3 Å². The van der Waals surface area contributed by atoms with Crippen molar-refractivity contribution in [1.82, 2.24) is 0 Å². The number of hydrogen-bond acceptors (Lipinski definition) is 1. The minimum Gasteiger partial charge on any atom is -0.280 e. The van der Waals surface area contributed by atoms with Crippen LogP contribution in [-0.4, -0.2) is 5.24 Å². The molecule has 0 bridgehead atoms. The highest BCUT2D eigenvalue weighted by Crippen LogP contribution is 2.00. The van der Waals surface area contributed by atoms with Crippen LogP contribution in [-0.2, 0) is 4.79 Å². The summed E-state index contributed by atoms with van der Waals surface area (Å²) in [6, 6.07) is 0. The van der Waals surface area contributed by atoms with Crippen LogP contribution in [0.25, 0.3) is 0 Å². The highest BCUT2D eigenvalue weighted by Gasteiger charge is 1.87. The van der Waals surface area contributed by atoms with Crippen LogP contribution >= 0.6 is 11.6 Å². The van der Waals surface area contributed by atoms with Crippen molar-refractivity contribution < 1.29 is 4.79 Å². The molecule has 0 aliphatic heterocycles. The van der Waals surface area contributed by atoms with E-state index in [0.717, 1.165) is 12.8 Å². The summed E-state index contributed by atoms with van der Waals surface area (Å²) in [5.74, 6) is 5.65. The number of unbranched alkanes of at least 4 members (excludes halogenated alkanes) is 4. The Bertz CT molecular complexity index is 176. The van der Waals surface area contributed by atoms with Crippen molar-refractivity contribution in [2.45, 2.75) is 45.4 Å². The van der Waals surface area contributed by atoms with Crippen molar-refractivity contribution in [3.63, 3.8) is 0 Å². The molecular formula is C10H15ClO. The molecular weight excluding hydrogens is 172 g/mol. The lowest BCUT2D eigenvalue weighted by Gasteiger charge is -1.91. The van der Waals surface area contributed by atoms with Crippen LogP contribution in [0.5, 0.6) is 0 Å². The molecule has 0 fully saturated rings. The maximum absolute atomic E-state index is 10.2. The second-order valence-electron chi connectivity index (χ2n) is 2.70. The molecule has 12 heavy (non-hydrogen) atoms. The molecule has 0 radical (unpaired) electrons. The average molecular weight is 187 g/mol. The Morgan fingerprint density at radius 2 is 2.00 bits per heavy atom. The van der Waals surface area contributed by atoms with E-state index in [0.29, 0.717) is 0 Å². The Kier molecular flexibility index (Phi) is 8.27. The van der Waals surface area contributed by atoms with Gasteiger partial charge in [-0.3, -0.25) is 4.79 Å². The van der Waals surface area contributed by atoms with Gasteiger partial charge in [0, 0.05) is 6.42 Å². The number of halogens is 1. The van der Waals surface area contributed by atoms with Gasteiger partial charge in [-0.1, -0.05) is 32.1 Å². The van der Waals surface area contributed by atoms with Crippen LogP contribution in [0.1, 0.15) is 45.4 Å². The van der Waals surface area contributed by atoms with Crippen molar-refractivity contribution in [1.29, 1.82) is 0 Å². The van der Waals surface area contributed by atoms with E-state index in [4.69, 9.17) is 11.6 Å². The van der Waals surface area contributed by atoms with Gasteiger partial charge in [-0.25, -0.2) is 0 Å². The van der Waals surface area contributed by atoms with E-state index in [1.54, 1.807) is 0 Å². The molecule has 0 N–H and O–H groups in total. The highest BCUT2D eigenvalue weighted by atomic mass is 35.5. The predicted octanol–water partition coefficient (Wildman–Crippen LogP) is 3.12. The maximum Gasteiger partial charge on any atom is 0.233 e. The van der Waals surface area contributed by atoms with Crippen LogP contribution in [0.15, 0.2) is 0 Å². The standard InChI is InChI=1S/C10H15ClO/c1-2-3-4-5-6-7-8-9-10(11)12/h2-6,9H2,1H3. The van der Waals surface area contributed by atoms with E-state index in [2.05, 4.69) is 18.8 Å². The average Bonchev–Trinajstić information content (AvgIpc) is 2.02. The summed E-state index contributed by atoms with van der Waals surface area (Å²) in [5.41, 5.74) is 0. The Morgan fingerprint density at radius 3 is 2.58 bits per heavy atom. The van der Waals surface area contributed by atoms with Crippen molar-refractivity contribution in [2.75, 3.05) is 0 Å². The number of rotatable bonds is 5. The second-order valence-corrected chi connectivity index (χ2v) is 3.12. The van der Waals surface area contributed by atoms with Gasteiger partial charge in [-0.15, -0.1) is 5.92 Å². The molecule has 0 aromatic heterocycles. The zero-order chi connectivity index (χ0) is 9.23. The smallest absolute Gasteiger partial charge is 0.233 e. The normalized spacial score (nSPS) is 8.83. The number of hydrogen-bond donors (Lipinski definition) is 0. The predicted molar refractivity (Wildman–Crippen MR) is 52.0 cm³/mol. The molecule has 0 spiro atoms. The van der Waals surface area contributed by atoms with Crippen molar-refractivity contribution in [2.24, 2.45) is 0 Å². The Hall–Kier alpha value is -0.480. The van der Waals surface area contributed by atoms with E-state index in [1.807, 2.05) is 0 Å². The molecule has 0 amide bonds. The largest absolute Gasteiger partial charge is 0.280 e. The minimum atomic E-state index is -0.365. The molecule has 0 aliphatic rings. The third-order valence-corrected chi connectivity index (χ3v) is 1.64. The van der Waals surface area contributed by atoms with E-state index < -0.39 is 0 Å². The van der Waals surface area contributed by atoms with Crippen molar-refractivity contribution in [3.05, 3.63) is 0 Å². The maximum atomic E-state index is 10.2. The molecule has 0 saturated carbocycles. The first-order chi connectivity index (χ1) is 5.77. The number of carbonyl (C=O) groups excluding carboxylic acids is 1. The van der Waals surface area contributed by atoms with Gasteiger partial charge in [0.1, 0.15) is 0 Å². The molecule has 0 heterocycles. The summed E-state index contributed by atoms with van der Waals surface area (Å²) in [6.07, 6.45) is 5.97. The number of carbonyl (C=O) groups is 1. The summed E-state index contributed by atoms with van der Waals surface area (Å²) >= 11 is 5.10. The monoisotopic (exact) mass is 186 g/mol. The molecule has 2 heteroatoms. The lowest BCUT2D eigenvalue weighted by molar-refractivity contribution is -0.110. The third kappa shape index (κ3) is 9.52. The first-order valence-corrected chi connectivity index (χ1v) is 4.79. The molecule has 0 aromatic rings. The van der Waals surface area contributed by atoms with Crippen LogP contribution in [0.3, 0.4) is 0 Å². The second kappa shape index (κ2) is 8.62. The molecule has 0 aromatic carbocycles. The summed E-state index contributed by atoms with van der Waals surface area (Å²) in [6.45, 7) is 2.18. The first kappa shape index (κ1) is 11.5. The quantitative estimate of drug-likeness (QED) is 0.366. The summed E-state index contributed by atoms with van der Waals surface area (Å²) < 4.78 is 0. The van der Waals surface area contributed by atoms with E-state index >= 15 is 0 Å². The fourth-order valence-electron chi connectivity index (χ4n) is 0.861. The first-order valence-electron chi connectivity index (χ1n) is 4.41. The minimum absolute atomic E-state index is 0.190. The van der Waals surface area contributed by atoms with Crippen LogP contribution in [0.4, 0.5) is 0 Å². The van der Waals surface area contributed by atoms with Gasteiger partial charge < -0.3 is 0 Å². The Labute approximate surface area is 79.5 Å². The van der Waals surface area contributed by atoms with Gasteiger partial charge in [0.15, 0.2) is 0 Å². The van der Waals surface area contributed by atoms with Gasteiger partial charge in [-0.2, -0.15) is 0 Å². The molecule has 0 atom stereocenters. The van der Waals surface area contributed by atoms with Gasteiger partial charge in [0.25, 0.3) is 0 Å². The zero-order valence-electron chi connectivity index (χ0n) is 7.53.